The Morgan fingerprint density at radius 1 is 1.00 bits per heavy atom. The molecule has 0 radical (unpaired) electrons. The summed E-state index contributed by atoms with van der Waals surface area (Å²) in [5, 5.41) is 2.76. The molecule has 0 saturated heterocycles. The molecule has 2 rings (SSSR count). The van der Waals surface area contributed by atoms with Crippen LogP contribution in [0.25, 0.3) is 0 Å². The maximum atomic E-state index is 11.9. The van der Waals surface area contributed by atoms with E-state index in [1.54, 1.807) is 24.1 Å². The number of ether oxygens (including phenoxy) is 2. The first-order chi connectivity index (χ1) is 12.6. The summed E-state index contributed by atoms with van der Waals surface area (Å²) >= 11 is 0. The molecule has 0 aliphatic heterocycles. The van der Waals surface area contributed by atoms with Crippen LogP contribution in [0.15, 0.2) is 54.6 Å². The van der Waals surface area contributed by atoms with Crippen LogP contribution in [0, 0.1) is 0 Å². The highest BCUT2D eigenvalue weighted by Crippen LogP contribution is 2.25. The maximum Gasteiger partial charge on any atom is 0.258 e. The summed E-state index contributed by atoms with van der Waals surface area (Å²) in [5.41, 5.74) is 1.05. The molecule has 0 heterocycles. The second kappa shape index (κ2) is 10.1. The molecule has 6 heteroatoms. The number of carbonyl (C=O) groups excluding carboxylic acids is 2. The van der Waals surface area contributed by atoms with E-state index in [1.165, 1.54) is 6.92 Å². The first kappa shape index (κ1) is 19.3. The van der Waals surface area contributed by atoms with Crippen molar-refractivity contribution >= 4 is 11.8 Å². The molecule has 26 heavy (non-hydrogen) atoms. The minimum Gasteiger partial charge on any atom is -0.493 e. The highest BCUT2D eigenvalue weighted by atomic mass is 16.5. The van der Waals surface area contributed by atoms with Gasteiger partial charge in [0.2, 0.25) is 5.91 Å². The monoisotopic (exact) mass is 356 g/mol. The molecule has 0 unspecified atom stereocenters. The van der Waals surface area contributed by atoms with Gasteiger partial charge in [-0.15, -0.1) is 0 Å². The fourth-order valence-corrected chi connectivity index (χ4v) is 2.41. The van der Waals surface area contributed by atoms with Crippen molar-refractivity contribution < 1.29 is 19.1 Å². The quantitative estimate of drug-likeness (QED) is 0.748. The molecule has 2 aromatic carbocycles. The molecule has 0 bridgehead atoms. The Kier molecular flexibility index (Phi) is 7.49. The molecular formula is C20H24N2O4. The SMILES string of the molecule is COc1ccccc1OCC(=O)NCCN(Cc1ccccc1)C(C)=O. The lowest BCUT2D eigenvalue weighted by molar-refractivity contribution is -0.130. The molecule has 0 aliphatic carbocycles. The molecule has 0 spiro atoms. The Morgan fingerprint density at radius 3 is 2.31 bits per heavy atom. The summed E-state index contributed by atoms with van der Waals surface area (Å²) in [7, 11) is 1.55. The molecule has 1 N–H and O–H groups in total. The average molecular weight is 356 g/mol. The van der Waals surface area contributed by atoms with E-state index in [4.69, 9.17) is 9.47 Å². The van der Waals surface area contributed by atoms with Crippen molar-refractivity contribution in [3.8, 4) is 11.5 Å². The van der Waals surface area contributed by atoms with Crippen LogP contribution in [0.2, 0.25) is 0 Å². The highest BCUT2D eigenvalue weighted by molar-refractivity contribution is 5.77. The van der Waals surface area contributed by atoms with Gasteiger partial charge in [-0.3, -0.25) is 9.59 Å². The van der Waals surface area contributed by atoms with Gasteiger partial charge in [0, 0.05) is 26.6 Å². The van der Waals surface area contributed by atoms with Gasteiger partial charge < -0.3 is 19.7 Å². The molecule has 0 atom stereocenters. The zero-order valence-electron chi connectivity index (χ0n) is 15.1. The summed E-state index contributed by atoms with van der Waals surface area (Å²) in [5.74, 6) is 0.804. The third-order valence-electron chi connectivity index (χ3n) is 3.79. The topological polar surface area (TPSA) is 67.9 Å². The van der Waals surface area contributed by atoms with Crippen LogP contribution in [0.4, 0.5) is 0 Å². The average Bonchev–Trinajstić information content (AvgIpc) is 2.66. The van der Waals surface area contributed by atoms with Crippen molar-refractivity contribution in [2.45, 2.75) is 13.5 Å². The first-order valence-corrected chi connectivity index (χ1v) is 8.42. The van der Waals surface area contributed by atoms with Crippen LogP contribution in [0.3, 0.4) is 0 Å². The van der Waals surface area contributed by atoms with Gasteiger partial charge in [-0.25, -0.2) is 0 Å². The number of nitrogens with zero attached hydrogens (tertiary/aromatic N) is 1. The minimum atomic E-state index is -0.251. The van der Waals surface area contributed by atoms with Crippen molar-refractivity contribution in [3.05, 3.63) is 60.2 Å². The fourth-order valence-electron chi connectivity index (χ4n) is 2.41. The normalized spacial score (nSPS) is 10.1. The van der Waals surface area contributed by atoms with Gasteiger partial charge in [0.15, 0.2) is 18.1 Å². The van der Waals surface area contributed by atoms with E-state index in [2.05, 4.69) is 5.32 Å². The van der Waals surface area contributed by atoms with Crippen LogP contribution >= 0.6 is 0 Å². The predicted molar refractivity (Wildman–Crippen MR) is 99.0 cm³/mol. The highest BCUT2D eigenvalue weighted by Gasteiger charge is 2.11. The summed E-state index contributed by atoms with van der Waals surface area (Å²) in [6.45, 7) is 2.73. The maximum absolute atomic E-state index is 11.9. The minimum absolute atomic E-state index is 0.0339. The van der Waals surface area contributed by atoms with E-state index in [-0.39, 0.29) is 18.4 Å². The standard InChI is InChI=1S/C20H24N2O4/c1-16(23)22(14-17-8-4-3-5-9-17)13-12-21-20(24)15-26-19-11-7-6-10-18(19)25-2/h3-11H,12-15H2,1-2H3,(H,21,24). The molecule has 2 amide bonds. The lowest BCUT2D eigenvalue weighted by atomic mass is 10.2. The zero-order valence-corrected chi connectivity index (χ0v) is 15.1. The van der Waals surface area contributed by atoms with Gasteiger partial charge in [-0.2, -0.15) is 0 Å². The Hall–Kier alpha value is -3.02. The predicted octanol–water partition coefficient (Wildman–Crippen LogP) is 2.24. The second-order valence-electron chi connectivity index (χ2n) is 5.72. The Balaban J connectivity index is 1.76. The third kappa shape index (κ3) is 6.12. The molecule has 0 aliphatic rings. The number of para-hydroxylation sites is 2. The molecule has 2 aromatic rings. The second-order valence-corrected chi connectivity index (χ2v) is 5.72. The molecule has 0 fully saturated rings. The smallest absolute Gasteiger partial charge is 0.258 e. The van der Waals surface area contributed by atoms with Crippen LogP contribution in [0.5, 0.6) is 11.5 Å². The van der Waals surface area contributed by atoms with Crippen molar-refractivity contribution in [1.82, 2.24) is 10.2 Å². The van der Waals surface area contributed by atoms with E-state index in [0.717, 1.165) is 5.56 Å². The van der Waals surface area contributed by atoms with Gasteiger partial charge >= 0.3 is 0 Å². The number of benzene rings is 2. The van der Waals surface area contributed by atoms with E-state index < -0.39 is 0 Å². The number of methoxy groups -OCH3 is 1. The lowest BCUT2D eigenvalue weighted by Gasteiger charge is -2.21. The van der Waals surface area contributed by atoms with Crippen LogP contribution < -0.4 is 14.8 Å². The van der Waals surface area contributed by atoms with Gasteiger partial charge in [0.05, 0.1) is 7.11 Å². The number of carbonyl (C=O) groups is 2. The Bertz CT molecular complexity index is 719. The Labute approximate surface area is 153 Å². The third-order valence-corrected chi connectivity index (χ3v) is 3.79. The first-order valence-electron chi connectivity index (χ1n) is 8.42. The molecule has 138 valence electrons. The van der Waals surface area contributed by atoms with Crippen LogP contribution in [-0.2, 0) is 16.1 Å². The molecule has 0 aromatic heterocycles. The number of nitrogens with one attached hydrogen (secondary N) is 1. The number of rotatable bonds is 9. The van der Waals surface area contributed by atoms with Gasteiger partial charge in [-0.1, -0.05) is 42.5 Å². The summed E-state index contributed by atoms with van der Waals surface area (Å²) in [4.78, 5) is 25.4. The molecule has 0 saturated carbocycles. The fraction of sp³-hybridized carbons (Fsp3) is 0.300. The van der Waals surface area contributed by atoms with E-state index >= 15 is 0 Å². The van der Waals surface area contributed by atoms with E-state index in [0.29, 0.717) is 31.1 Å². The van der Waals surface area contributed by atoms with Gasteiger partial charge in [0.1, 0.15) is 0 Å². The summed E-state index contributed by atoms with van der Waals surface area (Å²) in [6, 6.07) is 16.9. The van der Waals surface area contributed by atoms with Crippen molar-refractivity contribution in [2.24, 2.45) is 0 Å². The molecular weight excluding hydrogens is 332 g/mol. The van der Waals surface area contributed by atoms with Crippen LogP contribution in [-0.4, -0.2) is 43.5 Å². The molecule has 6 nitrogen and oxygen atoms in total. The van der Waals surface area contributed by atoms with Crippen LogP contribution in [0.1, 0.15) is 12.5 Å². The summed E-state index contributed by atoms with van der Waals surface area (Å²) < 4.78 is 10.6. The number of hydrogen-bond donors (Lipinski definition) is 1. The van der Waals surface area contributed by atoms with E-state index in [9.17, 15) is 9.59 Å². The number of amides is 2. The van der Waals surface area contributed by atoms with Crippen molar-refractivity contribution in [2.75, 3.05) is 26.8 Å². The number of hydrogen-bond acceptors (Lipinski definition) is 4. The lowest BCUT2D eigenvalue weighted by Crippen LogP contribution is -2.38. The summed E-state index contributed by atoms with van der Waals surface area (Å²) in [6.07, 6.45) is 0. The largest absolute Gasteiger partial charge is 0.493 e. The zero-order chi connectivity index (χ0) is 18.8. The van der Waals surface area contributed by atoms with Gasteiger partial charge in [0.25, 0.3) is 5.91 Å². The van der Waals surface area contributed by atoms with E-state index in [1.807, 2.05) is 42.5 Å². The van der Waals surface area contributed by atoms with Crippen molar-refractivity contribution in [1.29, 1.82) is 0 Å². The van der Waals surface area contributed by atoms with Crippen molar-refractivity contribution in [3.63, 3.8) is 0 Å². The van der Waals surface area contributed by atoms with Gasteiger partial charge in [-0.05, 0) is 17.7 Å². The Morgan fingerprint density at radius 2 is 1.65 bits per heavy atom.